The molecular weight excluding hydrogens is 390 g/mol. The van der Waals surface area contributed by atoms with Crippen molar-refractivity contribution in [3.63, 3.8) is 0 Å². The molecule has 0 aromatic heterocycles. The Morgan fingerprint density at radius 1 is 0.871 bits per heavy atom. The predicted molar refractivity (Wildman–Crippen MR) is 121 cm³/mol. The van der Waals surface area contributed by atoms with E-state index in [0.29, 0.717) is 22.6 Å². The summed E-state index contributed by atoms with van der Waals surface area (Å²) in [7, 11) is 1.56. The number of amides is 1. The number of carbonyl (C=O) groups excluding carboxylic acids is 2. The molecule has 5 nitrogen and oxygen atoms in total. The molecule has 160 valence electrons. The van der Waals surface area contributed by atoms with Crippen LogP contribution in [0.4, 0.5) is 5.69 Å². The van der Waals surface area contributed by atoms with Crippen LogP contribution < -0.4 is 10.1 Å². The van der Waals surface area contributed by atoms with Crippen LogP contribution in [-0.4, -0.2) is 19.0 Å². The number of benzene rings is 3. The van der Waals surface area contributed by atoms with Gasteiger partial charge in [0.15, 0.2) is 0 Å². The summed E-state index contributed by atoms with van der Waals surface area (Å²) in [6.07, 6.45) is -1.10. The van der Waals surface area contributed by atoms with Crippen molar-refractivity contribution in [3.05, 3.63) is 95.6 Å². The van der Waals surface area contributed by atoms with Gasteiger partial charge in [0.05, 0.1) is 12.7 Å². The first-order valence-electron chi connectivity index (χ1n) is 10.1. The van der Waals surface area contributed by atoms with Crippen molar-refractivity contribution in [3.8, 4) is 5.75 Å². The highest BCUT2D eigenvalue weighted by molar-refractivity contribution is 5.98. The average Bonchev–Trinajstić information content (AvgIpc) is 2.77. The molecule has 1 N–H and O–H groups in total. The summed E-state index contributed by atoms with van der Waals surface area (Å²) in [4.78, 5) is 25.9. The van der Waals surface area contributed by atoms with E-state index in [9.17, 15) is 9.59 Å². The summed E-state index contributed by atoms with van der Waals surface area (Å²) < 4.78 is 10.9. The normalized spacial score (nSPS) is 12.0. The van der Waals surface area contributed by atoms with Crippen LogP contribution in [0.2, 0.25) is 0 Å². The first kappa shape index (κ1) is 22.1. The molecule has 1 atom stereocenters. The molecular formula is C26H27NO4. The molecule has 0 heterocycles. The van der Waals surface area contributed by atoms with Crippen molar-refractivity contribution in [1.82, 2.24) is 0 Å². The van der Waals surface area contributed by atoms with E-state index >= 15 is 0 Å². The Bertz CT molecular complexity index is 1040. The maximum absolute atomic E-state index is 13.0. The second-order valence-electron chi connectivity index (χ2n) is 8.24. The van der Waals surface area contributed by atoms with E-state index in [4.69, 9.17) is 9.47 Å². The molecule has 31 heavy (non-hydrogen) atoms. The molecule has 0 saturated carbocycles. The highest BCUT2D eigenvalue weighted by Gasteiger charge is 2.26. The van der Waals surface area contributed by atoms with Gasteiger partial charge >= 0.3 is 5.97 Å². The molecule has 0 unspecified atom stereocenters. The summed E-state index contributed by atoms with van der Waals surface area (Å²) in [5.41, 5.74) is 2.62. The van der Waals surface area contributed by atoms with Gasteiger partial charge in [0, 0.05) is 17.3 Å². The van der Waals surface area contributed by atoms with Gasteiger partial charge in [0.25, 0.3) is 5.91 Å². The maximum atomic E-state index is 13.0. The smallest absolute Gasteiger partial charge is 0.339 e. The maximum Gasteiger partial charge on any atom is 0.339 e. The Kier molecular flexibility index (Phi) is 6.75. The lowest BCUT2D eigenvalue weighted by molar-refractivity contribution is -0.125. The Morgan fingerprint density at radius 2 is 1.55 bits per heavy atom. The van der Waals surface area contributed by atoms with Crippen molar-refractivity contribution < 1.29 is 19.1 Å². The van der Waals surface area contributed by atoms with Crippen molar-refractivity contribution in [1.29, 1.82) is 0 Å². The van der Waals surface area contributed by atoms with E-state index in [1.165, 1.54) is 0 Å². The van der Waals surface area contributed by atoms with Crippen LogP contribution in [0.1, 0.15) is 48.4 Å². The predicted octanol–water partition coefficient (Wildman–Crippen LogP) is 5.53. The molecule has 5 heteroatoms. The van der Waals surface area contributed by atoms with Gasteiger partial charge in [-0.05, 0) is 35.2 Å². The van der Waals surface area contributed by atoms with Crippen LogP contribution in [0, 0.1) is 0 Å². The molecule has 0 fully saturated rings. The largest absolute Gasteiger partial charge is 0.497 e. The van der Waals surface area contributed by atoms with Gasteiger partial charge < -0.3 is 14.8 Å². The monoisotopic (exact) mass is 417 g/mol. The average molecular weight is 418 g/mol. The van der Waals surface area contributed by atoms with E-state index < -0.39 is 18.0 Å². The number of esters is 1. The number of carbonyl (C=O) groups is 2. The number of nitrogens with one attached hydrogen (secondary N) is 1. The van der Waals surface area contributed by atoms with Gasteiger partial charge in [0.2, 0.25) is 6.10 Å². The quantitative estimate of drug-likeness (QED) is 0.536. The van der Waals surface area contributed by atoms with Crippen LogP contribution in [0.5, 0.6) is 5.75 Å². The molecule has 0 saturated heterocycles. The minimum atomic E-state index is -1.10. The Labute approximate surface area is 183 Å². The summed E-state index contributed by atoms with van der Waals surface area (Å²) >= 11 is 0. The summed E-state index contributed by atoms with van der Waals surface area (Å²) in [6.45, 7) is 6.32. The fourth-order valence-electron chi connectivity index (χ4n) is 3.09. The number of anilines is 1. The zero-order valence-electron chi connectivity index (χ0n) is 18.2. The van der Waals surface area contributed by atoms with Crippen molar-refractivity contribution in [2.24, 2.45) is 0 Å². The van der Waals surface area contributed by atoms with Gasteiger partial charge in [-0.15, -0.1) is 0 Å². The number of hydrogen-bond acceptors (Lipinski definition) is 4. The van der Waals surface area contributed by atoms with Crippen LogP contribution in [0.15, 0.2) is 78.9 Å². The number of ether oxygens (including phenoxy) is 2. The standard InChI is InChI=1S/C26H27NO4/c1-26(2,3)20-15-13-19(14-16-20)25(29)31-23(18-9-6-5-7-10-18)24(28)27-21-11-8-12-22(17-21)30-4/h5-17,23H,1-4H3,(H,27,28)/t23-/m1/s1. The molecule has 0 aliphatic carbocycles. The molecule has 1 amide bonds. The van der Waals surface area contributed by atoms with E-state index in [1.807, 2.05) is 18.2 Å². The lowest BCUT2D eigenvalue weighted by Gasteiger charge is -2.20. The van der Waals surface area contributed by atoms with E-state index in [1.54, 1.807) is 67.8 Å². The highest BCUT2D eigenvalue weighted by atomic mass is 16.5. The Morgan fingerprint density at radius 3 is 2.16 bits per heavy atom. The van der Waals surface area contributed by atoms with E-state index in [0.717, 1.165) is 5.56 Å². The molecule has 3 aromatic rings. The highest BCUT2D eigenvalue weighted by Crippen LogP contribution is 2.25. The van der Waals surface area contributed by atoms with Crippen LogP contribution >= 0.6 is 0 Å². The third-order valence-corrected chi connectivity index (χ3v) is 4.89. The van der Waals surface area contributed by atoms with E-state index in [2.05, 4.69) is 26.1 Å². The van der Waals surface area contributed by atoms with Crippen molar-refractivity contribution in [2.75, 3.05) is 12.4 Å². The minimum Gasteiger partial charge on any atom is -0.497 e. The number of rotatable bonds is 6. The SMILES string of the molecule is COc1cccc(NC(=O)[C@H](OC(=O)c2ccc(C(C)(C)C)cc2)c2ccccc2)c1. The van der Waals surface area contributed by atoms with Crippen molar-refractivity contribution in [2.45, 2.75) is 32.3 Å². The minimum absolute atomic E-state index is 0.0222. The first-order valence-corrected chi connectivity index (χ1v) is 10.1. The van der Waals surface area contributed by atoms with Gasteiger partial charge in [0.1, 0.15) is 5.75 Å². The molecule has 0 aliphatic heterocycles. The zero-order valence-corrected chi connectivity index (χ0v) is 18.2. The van der Waals surface area contributed by atoms with Crippen LogP contribution in [0.25, 0.3) is 0 Å². The molecule has 0 spiro atoms. The van der Waals surface area contributed by atoms with Crippen LogP contribution in [-0.2, 0) is 14.9 Å². The van der Waals surface area contributed by atoms with Gasteiger partial charge in [-0.2, -0.15) is 0 Å². The first-order chi connectivity index (χ1) is 14.8. The lowest BCUT2D eigenvalue weighted by Crippen LogP contribution is -2.26. The topological polar surface area (TPSA) is 64.6 Å². The molecule has 0 aliphatic rings. The fourth-order valence-corrected chi connectivity index (χ4v) is 3.09. The third-order valence-electron chi connectivity index (χ3n) is 4.89. The summed E-state index contributed by atoms with van der Waals surface area (Å²) in [6, 6.07) is 23.2. The molecule has 0 radical (unpaired) electrons. The lowest BCUT2D eigenvalue weighted by atomic mass is 9.87. The van der Waals surface area contributed by atoms with Gasteiger partial charge in [-0.1, -0.05) is 69.3 Å². The molecule has 0 bridgehead atoms. The second-order valence-corrected chi connectivity index (χ2v) is 8.24. The Balaban J connectivity index is 1.82. The number of hydrogen-bond donors (Lipinski definition) is 1. The summed E-state index contributed by atoms with van der Waals surface area (Å²) in [5.74, 6) is -0.390. The summed E-state index contributed by atoms with van der Waals surface area (Å²) in [5, 5.41) is 2.80. The van der Waals surface area contributed by atoms with Gasteiger partial charge in [-0.25, -0.2) is 4.79 Å². The van der Waals surface area contributed by atoms with E-state index in [-0.39, 0.29) is 5.41 Å². The third kappa shape index (κ3) is 5.72. The fraction of sp³-hybridized carbons (Fsp3) is 0.231. The Hall–Kier alpha value is -3.60. The molecule has 3 aromatic carbocycles. The second kappa shape index (κ2) is 9.47. The van der Waals surface area contributed by atoms with Gasteiger partial charge in [-0.3, -0.25) is 4.79 Å². The van der Waals surface area contributed by atoms with Crippen LogP contribution in [0.3, 0.4) is 0 Å². The van der Waals surface area contributed by atoms with Crippen molar-refractivity contribution >= 4 is 17.6 Å². The molecule has 3 rings (SSSR count). The zero-order chi connectivity index (χ0) is 22.4. The number of methoxy groups -OCH3 is 1.